The monoisotopic (exact) mass is 296 g/mol. The second-order valence-electron chi connectivity index (χ2n) is 4.28. The van der Waals surface area contributed by atoms with Gasteiger partial charge in [0.15, 0.2) is 5.43 Å². The van der Waals surface area contributed by atoms with E-state index in [9.17, 15) is 4.79 Å². The molecule has 2 rings (SSSR count). The predicted molar refractivity (Wildman–Crippen MR) is 80.5 cm³/mol. The smallest absolute Gasteiger partial charge is 0.199 e. The van der Waals surface area contributed by atoms with Crippen molar-refractivity contribution >= 4 is 28.6 Å². The van der Waals surface area contributed by atoms with Crippen molar-refractivity contribution in [1.29, 1.82) is 10.5 Å². The second-order valence-corrected chi connectivity index (χ2v) is 4.71. The fourth-order valence-corrected chi connectivity index (χ4v) is 1.90. The number of fused-ring (bicyclic) bond motifs is 1. The highest BCUT2D eigenvalue weighted by molar-refractivity contribution is 6.31. The fraction of sp³-hybridized carbons (Fsp3) is 0.0625. The molecule has 0 aliphatic heterocycles. The quantitative estimate of drug-likeness (QED) is 0.623. The highest BCUT2D eigenvalue weighted by Crippen LogP contribution is 2.17. The number of nitrogens with zero attached hydrogens (tertiary/aromatic N) is 2. The van der Waals surface area contributed by atoms with Crippen LogP contribution in [0.3, 0.4) is 0 Å². The molecule has 5 heteroatoms. The van der Waals surface area contributed by atoms with E-state index in [1.807, 2.05) is 0 Å². The molecule has 0 aliphatic carbocycles. The summed E-state index contributed by atoms with van der Waals surface area (Å²) in [5.41, 5.74) is 1.02. The van der Waals surface area contributed by atoms with Crippen molar-refractivity contribution in [2.75, 3.05) is 0 Å². The Bertz CT molecular complexity index is 892. The van der Waals surface area contributed by atoms with Crippen molar-refractivity contribution in [2.24, 2.45) is 0 Å². The van der Waals surface area contributed by atoms with Crippen LogP contribution in [0.2, 0.25) is 5.02 Å². The summed E-state index contributed by atoms with van der Waals surface area (Å²) in [6.07, 6.45) is 4.38. The molecule has 1 aromatic heterocycles. The minimum Gasteiger partial charge on any atom is -0.463 e. The molecule has 0 saturated carbocycles. The molecule has 4 nitrogen and oxygen atoms in total. The van der Waals surface area contributed by atoms with Gasteiger partial charge in [0.2, 0.25) is 0 Å². The molecule has 0 fully saturated rings. The molecular formula is C16H9ClN2O2. The SMILES string of the molecule is CC(/C=C/c1coc2ccc(Cl)cc2c1=O)=C(C#N)C#N. The average Bonchev–Trinajstić information content (AvgIpc) is 2.48. The van der Waals surface area contributed by atoms with E-state index in [0.717, 1.165) is 0 Å². The maximum Gasteiger partial charge on any atom is 0.199 e. The lowest BCUT2D eigenvalue weighted by Gasteiger charge is -1.99. The van der Waals surface area contributed by atoms with Gasteiger partial charge in [-0.15, -0.1) is 0 Å². The maximum absolute atomic E-state index is 12.3. The van der Waals surface area contributed by atoms with Crippen molar-refractivity contribution in [3.63, 3.8) is 0 Å². The summed E-state index contributed by atoms with van der Waals surface area (Å²) in [5.74, 6) is 0. The first-order valence-electron chi connectivity index (χ1n) is 5.97. The third-order valence-electron chi connectivity index (χ3n) is 2.89. The fourth-order valence-electron chi connectivity index (χ4n) is 1.73. The normalized spacial score (nSPS) is 10.3. The molecule has 0 aliphatic rings. The summed E-state index contributed by atoms with van der Waals surface area (Å²) < 4.78 is 5.37. The van der Waals surface area contributed by atoms with E-state index >= 15 is 0 Å². The third-order valence-corrected chi connectivity index (χ3v) is 3.13. The maximum atomic E-state index is 12.3. The zero-order valence-corrected chi connectivity index (χ0v) is 11.8. The lowest BCUT2D eigenvalue weighted by Crippen LogP contribution is -2.04. The molecule has 102 valence electrons. The number of benzene rings is 1. The Hall–Kier alpha value is -2.82. The van der Waals surface area contributed by atoms with Gasteiger partial charge in [-0.05, 0) is 36.8 Å². The van der Waals surface area contributed by atoms with Crippen molar-refractivity contribution in [3.8, 4) is 12.1 Å². The largest absolute Gasteiger partial charge is 0.463 e. The van der Waals surface area contributed by atoms with Crippen LogP contribution in [0.15, 0.2) is 50.9 Å². The van der Waals surface area contributed by atoms with Crippen molar-refractivity contribution < 1.29 is 4.42 Å². The number of allylic oxidation sites excluding steroid dienone is 3. The van der Waals surface area contributed by atoms with Gasteiger partial charge in [0.1, 0.15) is 29.6 Å². The number of nitriles is 2. The minimum absolute atomic E-state index is 0.000489. The Morgan fingerprint density at radius 3 is 2.71 bits per heavy atom. The first-order chi connectivity index (χ1) is 10.1. The molecule has 0 amide bonds. The lowest BCUT2D eigenvalue weighted by atomic mass is 10.1. The van der Waals surface area contributed by atoms with Gasteiger partial charge in [-0.25, -0.2) is 0 Å². The molecule has 0 unspecified atom stereocenters. The van der Waals surface area contributed by atoms with Gasteiger partial charge in [-0.1, -0.05) is 17.7 Å². The molecule has 0 spiro atoms. The van der Waals surface area contributed by atoms with Gasteiger partial charge in [-0.3, -0.25) is 4.79 Å². The van der Waals surface area contributed by atoms with E-state index in [0.29, 0.717) is 27.1 Å². The summed E-state index contributed by atoms with van der Waals surface area (Å²) in [7, 11) is 0. The number of rotatable bonds is 2. The number of halogens is 1. The zero-order chi connectivity index (χ0) is 15.4. The summed E-state index contributed by atoms with van der Waals surface area (Å²) >= 11 is 5.87. The van der Waals surface area contributed by atoms with E-state index in [1.165, 1.54) is 18.4 Å². The molecule has 21 heavy (non-hydrogen) atoms. The van der Waals surface area contributed by atoms with E-state index in [2.05, 4.69) is 0 Å². The van der Waals surface area contributed by atoms with Gasteiger partial charge < -0.3 is 4.42 Å². The van der Waals surface area contributed by atoms with Gasteiger partial charge in [0.25, 0.3) is 0 Å². The Morgan fingerprint density at radius 1 is 1.33 bits per heavy atom. The van der Waals surface area contributed by atoms with Crippen LogP contribution in [0.4, 0.5) is 0 Å². The topological polar surface area (TPSA) is 77.8 Å². The third kappa shape index (κ3) is 3.02. The molecule has 1 aromatic carbocycles. The summed E-state index contributed by atoms with van der Waals surface area (Å²) in [6, 6.07) is 8.38. The summed E-state index contributed by atoms with van der Waals surface area (Å²) in [6.45, 7) is 1.62. The van der Waals surface area contributed by atoms with Crippen LogP contribution in [0.1, 0.15) is 12.5 Å². The lowest BCUT2D eigenvalue weighted by molar-refractivity contribution is 0.601. The van der Waals surface area contributed by atoms with Gasteiger partial charge in [0.05, 0.1) is 10.9 Å². The molecule has 1 heterocycles. The van der Waals surface area contributed by atoms with Crippen molar-refractivity contribution in [3.05, 3.63) is 62.5 Å². The minimum atomic E-state index is -0.224. The zero-order valence-electron chi connectivity index (χ0n) is 11.1. The van der Waals surface area contributed by atoms with Crippen molar-refractivity contribution in [1.82, 2.24) is 0 Å². The van der Waals surface area contributed by atoms with Crippen LogP contribution in [-0.4, -0.2) is 0 Å². The van der Waals surface area contributed by atoms with Crippen LogP contribution < -0.4 is 5.43 Å². The standard InChI is InChI=1S/C16H9ClN2O2/c1-10(12(7-18)8-19)2-3-11-9-21-15-5-4-13(17)6-14(15)16(11)20/h2-6,9H,1H3/b3-2+. The molecule has 0 radical (unpaired) electrons. The Morgan fingerprint density at radius 2 is 2.05 bits per heavy atom. The van der Waals surface area contributed by atoms with E-state index < -0.39 is 0 Å². The van der Waals surface area contributed by atoms with Crippen LogP contribution >= 0.6 is 11.6 Å². The van der Waals surface area contributed by atoms with E-state index in [-0.39, 0.29) is 11.0 Å². The summed E-state index contributed by atoms with van der Waals surface area (Å²) in [5, 5.41) is 18.4. The summed E-state index contributed by atoms with van der Waals surface area (Å²) in [4.78, 5) is 12.3. The van der Waals surface area contributed by atoms with Crippen LogP contribution in [0.5, 0.6) is 0 Å². The van der Waals surface area contributed by atoms with Crippen LogP contribution in [-0.2, 0) is 0 Å². The molecule has 2 aromatic rings. The van der Waals surface area contributed by atoms with Gasteiger partial charge >= 0.3 is 0 Å². The Kier molecular flexibility index (Phi) is 4.23. The molecule has 0 atom stereocenters. The molecule has 0 saturated heterocycles. The highest BCUT2D eigenvalue weighted by Gasteiger charge is 2.05. The predicted octanol–water partition coefficient (Wildman–Crippen LogP) is 3.82. The molecule has 0 N–H and O–H groups in total. The van der Waals surface area contributed by atoms with E-state index in [4.69, 9.17) is 26.5 Å². The first-order valence-corrected chi connectivity index (χ1v) is 6.35. The molecule has 0 bridgehead atoms. The van der Waals surface area contributed by atoms with E-state index in [1.54, 1.807) is 37.3 Å². The molecular weight excluding hydrogens is 288 g/mol. The Labute approximate surface area is 125 Å². The highest BCUT2D eigenvalue weighted by atomic mass is 35.5. The first kappa shape index (κ1) is 14.6. The van der Waals surface area contributed by atoms with Gasteiger partial charge in [-0.2, -0.15) is 10.5 Å². The van der Waals surface area contributed by atoms with Crippen LogP contribution in [0.25, 0.3) is 17.0 Å². The second kappa shape index (κ2) is 6.09. The number of hydrogen-bond acceptors (Lipinski definition) is 4. The number of hydrogen-bond donors (Lipinski definition) is 0. The van der Waals surface area contributed by atoms with Gasteiger partial charge in [0, 0.05) is 5.02 Å². The van der Waals surface area contributed by atoms with Crippen LogP contribution in [0, 0.1) is 22.7 Å². The van der Waals surface area contributed by atoms with Crippen molar-refractivity contribution in [2.45, 2.75) is 6.92 Å². The average molecular weight is 297 g/mol. The Balaban J connectivity index is 2.53.